The Hall–Kier alpha value is -3.20. The van der Waals surface area contributed by atoms with Crippen molar-refractivity contribution in [2.75, 3.05) is 27.2 Å². The lowest BCUT2D eigenvalue weighted by molar-refractivity contribution is 0.0751. The monoisotopic (exact) mass is 396 g/mol. The van der Waals surface area contributed by atoms with Gasteiger partial charge in [0, 0.05) is 25.7 Å². The second-order valence-electron chi connectivity index (χ2n) is 7.26. The average Bonchev–Trinajstić information content (AvgIpc) is 3.49. The van der Waals surface area contributed by atoms with Gasteiger partial charge < -0.3 is 19.1 Å². The van der Waals surface area contributed by atoms with Gasteiger partial charge in [0.1, 0.15) is 25.0 Å². The summed E-state index contributed by atoms with van der Waals surface area (Å²) in [6, 6.07) is 9.49. The van der Waals surface area contributed by atoms with E-state index in [-0.39, 0.29) is 12.5 Å². The summed E-state index contributed by atoms with van der Waals surface area (Å²) >= 11 is 0. The predicted molar refractivity (Wildman–Crippen MR) is 105 cm³/mol. The van der Waals surface area contributed by atoms with Crippen molar-refractivity contribution in [1.82, 2.24) is 29.7 Å². The lowest BCUT2D eigenvalue weighted by Gasteiger charge is -2.25. The van der Waals surface area contributed by atoms with Crippen molar-refractivity contribution in [3.05, 3.63) is 54.4 Å². The number of hydrogen-bond acceptors (Lipinski definition) is 7. The molecule has 0 bridgehead atoms. The molecule has 1 fully saturated rings. The van der Waals surface area contributed by atoms with Crippen LogP contribution in [0.2, 0.25) is 0 Å². The van der Waals surface area contributed by atoms with Crippen molar-refractivity contribution in [1.29, 1.82) is 0 Å². The van der Waals surface area contributed by atoms with E-state index >= 15 is 0 Å². The minimum absolute atomic E-state index is 0.141. The Morgan fingerprint density at radius 1 is 1.34 bits per heavy atom. The Balaban J connectivity index is 1.31. The van der Waals surface area contributed by atoms with E-state index in [1.807, 2.05) is 24.3 Å². The fraction of sp³-hybridized carbons (Fsp3) is 0.400. The summed E-state index contributed by atoms with van der Waals surface area (Å²) in [5.74, 6) is 1.04. The van der Waals surface area contributed by atoms with E-state index in [1.54, 1.807) is 29.0 Å². The lowest BCUT2D eigenvalue weighted by atomic mass is 10.2. The van der Waals surface area contributed by atoms with Crippen LogP contribution in [0, 0.1) is 0 Å². The van der Waals surface area contributed by atoms with E-state index in [4.69, 9.17) is 9.26 Å². The lowest BCUT2D eigenvalue weighted by Crippen LogP contribution is -2.39. The summed E-state index contributed by atoms with van der Waals surface area (Å²) in [7, 11) is 3.90. The number of hydrogen-bond donors (Lipinski definition) is 0. The van der Waals surface area contributed by atoms with Crippen LogP contribution in [0.15, 0.2) is 47.5 Å². The van der Waals surface area contributed by atoms with Crippen LogP contribution in [0.25, 0.3) is 5.69 Å². The van der Waals surface area contributed by atoms with E-state index in [0.717, 1.165) is 18.7 Å². The van der Waals surface area contributed by atoms with E-state index in [2.05, 4.69) is 27.2 Å². The number of likely N-dealkylation sites (N-methyl/N-ethyl adjacent to an activating group) is 2. The van der Waals surface area contributed by atoms with E-state index in [1.165, 1.54) is 12.7 Å². The van der Waals surface area contributed by atoms with Crippen molar-refractivity contribution in [2.45, 2.75) is 25.5 Å². The normalized spacial score (nSPS) is 16.8. The number of amides is 1. The molecule has 2 aromatic heterocycles. The quantitative estimate of drug-likeness (QED) is 0.603. The molecular formula is C20H24N6O3. The van der Waals surface area contributed by atoms with Crippen molar-refractivity contribution < 1.29 is 14.1 Å². The van der Waals surface area contributed by atoms with Crippen LogP contribution in [-0.4, -0.2) is 68.9 Å². The fourth-order valence-corrected chi connectivity index (χ4v) is 3.48. The molecule has 0 N–H and O–H groups in total. The molecule has 29 heavy (non-hydrogen) atoms. The van der Waals surface area contributed by atoms with E-state index in [0.29, 0.717) is 29.8 Å². The molecular weight excluding hydrogens is 372 g/mol. The molecule has 0 aliphatic carbocycles. The smallest absolute Gasteiger partial charge is 0.275 e. The van der Waals surface area contributed by atoms with Crippen molar-refractivity contribution in [3.63, 3.8) is 0 Å². The summed E-state index contributed by atoms with van der Waals surface area (Å²) in [5.41, 5.74) is 1.19. The highest BCUT2D eigenvalue weighted by atomic mass is 16.5. The first-order valence-corrected chi connectivity index (χ1v) is 9.59. The average molecular weight is 396 g/mol. The highest BCUT2D eigenvalue weighted by molar-refractivity contribution is 5.92. The number of carbonyl (C=O) groups is 1. The molecule has 4 rings (SSSR count). The van der Waals surface area contributed by atoms with Crippen molar-refractivity contribution in [2.24, 2.45) is 0 Å². The number of ether oxygens (including phenoxy) is 1. The molecule has 0 unspecified atom stereocenters. The molecule has 0 spiro atoms. The van der Waals surface area contributed by atoms with Crippen LogP contribution < -0.4 is 4.74 Å². The first-order chi connectivity index (χ1) is 14.1. The SMILES string of the molecule is CN(C[C@@H]1CCCN1C)C(=O)c1cc(COc2ccc(-n3cncn3)cc2)on1. The third-order valence-corrected chi connectivity index (χ3v) is 5.18. The highest BCUT2D eigenvalue weighted by Gasteiger charge is 2.25. The maximum absolute atomic E-state index is 12.6. The summed E-state index contributed by atoms with van der Waals surface area (Å²) in [5, 5.41) is 7.99. The van der Waals surface area contributed by atoms with Gasteiger partial charge in [-0.1, -0.05) is 5.16 Å². The Kier molecular flexibility index (Phi) is 5.57. The molecule has 3 aromatic rings. The van der Waals surface area contributed by atoms with Crippen LogP contribution in [0.5, 0.6) is 5.75 Å². The second kappa shape index (κ2) is 8.44. The highest BCUT2D eigenvalue weighted by Crippen LogP contribution is 2.18. The molecule has 152 valence electrons. The minimum atomic E-state index is -0.141. The largest absolute Gasteiger partial charge is 0.486 e. The molecule has 9 nitrogen and oxygen atoms in total. The maximum atomic E-state index is 12.6. The van der Waals surface area contributed by atoms with Gasteiger partial charge in [-0.05, 0) is 50.7 Å². The zero-order chi connectivity index (χ0) is 20.2. The number of likely N-dealkylation sites (tertiary alicyclic amines) is 1. The van der Waals surface area contributed by atoms with Gasteiger partial charge in [-0.3, -0.25) is 4.79 Å². The van der Waals surface area contributed by atoms with Crippen molar-refractivity contribution >= 4 is 5.91 Å². The Morgan fingerprint density at radius 2 is 2.17 bits per heavy atom. The minimum Gasteiger partial charge on any atom is -0.486 e. The van der Waals surface area contributed by atoms with Gasteiger partial charge in [0.05, 0.1) is 5.69 Å². The number of nitrogens with zero attached hydrogens (tertiary/aromatic N) is 6. The second-order valence-corrected chi connectivity index (χ2v) is 7.26. The zero-order valence-electron chi connectivity index (χ0n) is 16.6. The van der Waals surface area contributed by atoms with Gasteiger partial charge in [0.2, 0.25) is 0 Å². The molecule has 1 aliphatic rings. The Bertz CT molecular complexity index is 938. The third kappa shape index (κ3) is 4.45. The van der Waals surface area contributed by atoms with E-state index in [9.17, 15) is 4.79 Å². The van der Waals surface area contributed by atoms with E-state index < -0.39 is 0 Å². The molecule has 1 aliphatic heterocycles. The standard InChI is InChI=1S/C20H24N6O3/c1-24-9-3-4-16(24)11-25(2)20(27)19-10-18(29-23-19)12-28-17-7-5-15(6-8-17)26-14-21-13-22-26/h5-8,10,13-14,16H,3-4,9,11-12H2,1-2H3/t16-/m0/s1. The van der Waals surface area contributed by atoms with Crippen LogP contribution in [-0.2, 0) is 6.61 Å². The van der Waals surface area contributed by atoms with Gasteiger partial charge >= 0.3 is 0 Å². The first-order valence-electron chi connectivity index (χ1n) is 9.59. The number of aromatic nitrogens is 4. The topological polar surface area (TPSA) is 89.5 Å². The summed E-state index contributed by atoms with van der Waals surface area (Å²) in [4.78, 5) is 20.5. The molecule has 1 atom stereocenters. The number of rotatable bonds is 7. The molecule has 9 heteroatoms. The predicted octanol–water partition coefficient (Wildman–Crippen LogP) is 2.00. The molecule has 0 radical (unpaired) electrons. The Labute approximate surface area is 168 Å². The van der Waals surface area contributed by atoms with Crippen LogP contribution in [0.3, 0.4) is 0 Å². The van der Waals surface area contributed by atoms with Gasteiger partial charge in [-0.2, -0.15) is 5.10 Å². The number of benzene rings is 1. The van der Waals surface area contributed by atoms with Gasteiger partial charge in [-0.15, -0.1) is 0 Å². The van der Waals surface area contributed by atoms with Crippen LogP contribution in [0.4, 0.5) is 0 Å². The van der Waals surface area contributed by atoms with Crippen LogP contribution in [0.1, 0.15) is 29.1 Å². The summed E-state index contributed by atoms with van der Waals surface area (Å²) < 4.78 is 12.7. The molecule has 1 saturated heterocycles. The maximum Gasteiger partial charge on any atom is 0.275 e. The van der Waals surface area contributed by atoms with Gasteiger partial charge in [-0.25, -0.2) is 9.67 Å². The van der Waals surface area contributed by atoms with Gasteiger partial charge in [0.15, 0.2) is 11.5 Å². The molecule has 1 amide bonds. The van der Waals surface area contributed by atoms with Crippen molar-refractivity contribution in [3.8, 4) is 11.4 Å². The summed E-state index contributed by atoms with van der Waals surface area (Å²) in [6.45, 7) is 1.96. The molecule has 3 heterocycles. The third-order valence-electron chi connectivity index (χ3n) is 5.18. The van der Waals surface area contributed by atoms with Crippen LogP contribution >= 0.6 is 0 Å². The summed E-state index contributed by atoms with van der Waals surface area (Å²) in [6.07, 6.45) is 5.40. The van der Waals surface area contributed by atoms with Gasteiger partial charge in [0.25, 0.3) is 5.91 Å². The fourth-order valence-electron chi connectivity index (χ4n) is 3.48. The molecule has 1 aromatic carbocycles. The first kappa shape index (κ1) is 19.1. The molecule has 0 saturated carbocycles. The Morgan fingerprint density at radius 3 is 2.86 bits per heavy atom. The zero-order valence-corrected chi connectivity index (χ0v) is 16.6. The number of carbonyl (C=O) groups excluding carboxylic acids is 1.